The third-order valence-electron chi connectivity index (χ3n) is 1.65. The van der Waals surface area contributed by atoms with Crippen molar-refractivity contribution in [2.75, 3.05) is 0 Å². The van der Waals surface area contributed by atoms with E-state index in [1.807, 2.05) is 0 Å². The van der Waals surface area contributed by atoms with E-state index >= 15 is 0 Å². The van der Waals surface area contributed by atoms with Gasteiger partial charge in [-0.1, -0.05) is 0 Å². The number of aliphatic hydroxyl groups is 2. The minimum atomic E-state index is -1.53. The van der Waals surface area contributed by atoms with Crippen molar-refractivity contribution in [3.63, 3.8) is 0 Å². The highest BCUT2D eigenvalue weighted by Crippen LogP contribution is 2.21. The molecule has 0 amide bonds. The first kappa shape index (κ1) is 10.3. The van der Waals surface area contributed by atoms with E-state index in [1.165, 1.54) is 13.0 Å². The number of nitro groups is 1. The van der Waals surface area contributed by atoms with Gasteiger partial charge in [-0.25, -0.2) is 0 Å². The molecule has 0 aromatic rings. The molecule has 1 atom stereocenters. The fourth-order valence-corrected chi connectivity index (χ4v) is 1.15. The van der Waals surface area contributed by atoms with Gasteiger partial charge in [-0.3, -0.25) is 10.1 Å². The molecule has 1 aliphatic rings. The normalized spacial score (nSPS) is 27.1. The van der Waals surface area contributed by atoms with Crippen molar-refractivity contribution < 1.29 is 15.1 Å². The number of aliphatic hydroxyl groups excluding tert-OH is 1. The number of allylic oxidation sites excluding steroid dienone is 1. The van der Waals surface area contributed by atoms with E-state index in [1.54, 1.807) is 0 Å². The van der Waals surface area contributed by atoms with Gasteiger partial charge in [0.1, 0.15) is 5.60 Å². The molecule has 6 heteroatoms. The average Bonchev–Trinajstić information content (AvgIpc) is 2.06. The maximum atomic E-state index is 10.5. The lowest BCUT2D eigenvalue weighted by molar-refractivity contribution is -0.424. The Hall–Kier alpha value is -1.82. The van der Waals surface area contributed by atoms with Crippen LogP contribution in [0.1, 0.15) is 6.92 Å². The summed E-state index contributed by atoms with van der Waals surface area (Å²) >= 11 is 0. The van der Waals surface area contributed by atoms with Crippen LogP contribution in [0.2, 0.25) is 0 Å². The summed E-state index contributed by atoms with van der Waals surface area (Å²) in [4.78, 5) is 9.69. The van der Waals surface area contributed by atoms with Crippen LogP contribution in [0.3, 0.4) is 0 Å². The van der Waals surface area contributed by atoms with E-state index in [0.717, 1.165) is 12.2 Å². The van der Waals surface area contributed by atoms with Crippen LogP contribution in [0, 0.1) is 10.1 Å². The van der Waals surface area contributed by atoms with Crippen molar-refractivity contribution >= 4 is 0 Å². The van der Waals surface area contributed by atoms with Gasteiger partial charge in [-0.15, -0.1) is 0 Å². The van der Waals surface area contributed by atoms with Gasteiger partial charge in [-0.2, -0.15) is 0 Å². The van der Waals surface area contributed by atoms with Crippen molar-refractivity contribution in [2.45, 2.75) is 12.5 Å². The van der Waals surface area contributed by atoms with Gasteiger partial charge in [0.2, 0.25) is 0 Å². The molecule has 6 nitrogen and oxygen atoms in total. The third-order valence-corrected chi connectivity index (χ3v) is 1.65. The van der Waals surface area contributed by atoms with Gasteiger partial charge in [-0.05, 0) is 13.0 Å². The molecule has 0 saturated heterocycles. The minimum Gasteiger partial charge on any atom is -0.502 e. The predicted molar refractivity (Wildman–Crippen MR) is 48.7 cm³/mol. The molecule has 1 aliphatic carbocycles. The summed E-state index contributed by atoms with van der Waals surface area (Å²) in [5, 5.41) is 29.3. The first-order chi connectivity index (χ1) is 6.32. The molecule has 4 N–H and O–H groups in total. The summed E-state index contributed by atoms with van der Waals surface area (Å²) in [6.45, 7) is 1.33. The molecule has 0 aromatic heterocycles. The lowest BCUT2D eigenvalue weighted by Gasteiger charge is -2.11. The van der Waals surface area contributed by atoms with Crippen LogP contribution in [0.25, 0.3) is 0 Å². The summed E-state index contributed by atoms with van der Waals surface area (Å²) in [5.41, 5.74) is 3.34. The first-order valence-electron chi connectivity index (χ1n) is 3.81. The monoisotopic (exact) mass is 198 g/mol. The molecule has 0 heterocycles. The van der Waals surface area contributed by atoms with Crippen LogP contribution < -0.4 is 5.73 Å². The second kappa shape index (κ2) is 3.15. The Labute approximate surface area is 79.8 Å². The Morgan fingerprint density at radius 3 is 2.64 bits per heavy atom. The number of nitrogens with two attached hydrogens (primary N) is 1. The van der Waals surface area contributed by atoms with Gasteiger partial charge >= 0.3 is 5.70 Å². The third kappa shape index (κ3) is 2.11. The van der Waals surface area contributed by atoms with Crippen LogP contribution in [0.5, 0.6) is 0 Å². The lowest BCUT2D eigenvalue weighted by atomic mass is 10.1. The molecule has 1 rings (SSSR count). The summed E-state index contributed by atoms with van der Waals surface area (Å²) < 4.78 is 0. The quantitative estimate of drug-likeness (QED) is 0.411. The van der Waals surface area contributed by atoms with Crippen LogP contribution >= 0.6 is 0 Å². The summed E-state index contributed by atoms with van der Waals surface area (Å²) in [7, 11) is 0. The smallest absolute Gasteiger partial charge is 0.310 e. The maximum absolute atomic E-state index is 10.5. The van der Waals surface area contributed by atoms with Crippen molar-refractivity contribution in [1.82, 2.24) is 0 Å². The topological polar surface area (TPSA) is 110 Å². The van der Waals surface area contributed by atoms with Crippen molar-refractivity contribution in [3.8, 4) is 0 Å². The zero-order chi connectivity index (χ0) is 10.9. The largest absolute Gasteiger partial charge is 0.502 e. The minimum absolute atomic E-state index is 0.0700. The Morgan fingerprint density at radius 1 is 1.57 bits per heavy atom. The van der Waals surface area contributed by atoms with E-state index in [2.05, 4.69) is 0 Å². The molecule has 0 aromatic carbocycles. The van der Waals surface area contributed by atoms with E-state index in [4.69, 9.17) is 5.73 Å². The first-order valence-corrected chi connectivity index (χ1v) is 3.81. The standard InChI is InChI=1S/C8H10N2O4/c1-8(12)3-5(9)2-7(11)6(4-8)10(13)14/h2-4,11-12H,9H2,1H3. The van der Waals surface area contributed by atoms with Gasteiger partial charge in [0.05, 0.1) is 4.92 Å². The molecule has 1 unspecified atom stereocenters. The van der Waals surface area contributed by atoms with E-state index in [9.17, 15) is 20.3 Å². The Bertz CT molecular complexity index is 366. The van der Waals surface area contributed by atoms with Crippen molar-refractivity contribution in [1.29, 1.82) is 0 Å². The van der Waals surface area contributed by atoms with E-state index in [0.29, 0.717) is 0 Å². The molecule has 14 heavy (non-hydrogen) atoms. The number of nitrogens with zero attached hydrogens (tertiary/aromatic N) is 1. The van der Waals surface area contributed by atoms with Crippen molar-refractivity contribution in [3.05, 3.63) is 45.5 Å². The van der Waals surface area contributed by atoms with Crippen LogP contribution in [0.15, 0.2) is 35.4 Å². The summed E-state index contributed by atoms with van der Waals surface area (Å²) in [5.74, 6) is -0.568. The molecule has 0 fully saturated rings. The molecule has 0 saturated carbocycles. The number of rotatable bonds is 1. The lowest BCUT2D eigenvalue weighted by Crippen LogP contribution is -2.20. The summed E-state index contributed by atoms with van der Waals surface area (Å²) in [6.07, 6.45) is 3.16. The van der Waals surface area contributed by atoms with E-state index in [-0.39, 0.29) is 5.70 Å². The Kier molecular flexibility index (Phi) is 2.31. The Balaban J connectivity index is 3.26. The highest BCUT2D eigenvalue weighted by Gasteiger charge is 2.27. The van der Waals surface area contributed by atoms with Crippen LogP contribution in [-0.4, -0.2) is 20.7 Å². The van der Waals surface area contributed by atoms with Crippen LogP contribution in [-0.2, 0) is 0 Å². The van der Waals surface area contributed by atoms with Crippen molar-refractivity contribution in [2.24, 2.45) is 5.73 Å². The van der Waals surface area contributed by atoms with Crippen LogP contribution in [0.4, 0.5) is 0 Å². The molecule has 76 valence electrons. The molecule has 0 spiro atoms. The van der Waals surface area contributed by atoms with Gasteiger partial charge in [0.25, 0.3) is 0 Å². The molecular formula is C8H10N2O4. The fourth-order valence-electron chi connectivity index (χ4n) is 1.15. The SMILES string of the molecule is CC1(O)C=C(N)C=C(O)C([N+](=O)[O-])=C1. The highest BCUT2D eigenvalue weighted by molar-refractivity contribution is 5.36. The van der Waals surface area contributed by atoms with E-state index < -0.39 is 22.0 Å². The summed E-state index contributed by atoms with van der Waals surface area (Å²) in [6, 6.07) is 0. The highest BCUT2D eigenvalue weighted by atomic mass is 16.6. The molecule has 0 aliphatic heterocycles. The zero-order valence-corrected chi connectivity index (χ0v) is 7.47. The average molecular weight is 198 g/mol. The molecular weight excluding hydrogens is 188 g/mol. The van der Waals surface area contributed by atoms with Gasteiger partial charge < -0.3 is 15.9 Å². The van der Waals surface area contributed by atoms with Gasteiger partial charge in [0.15, 0.2) is 5.76 Å². The second-order valence-corrected chi connectivity index (χ2v) is 3.19. The Morgan fingerprint density at radius 2 is 2.14 bits per heavy atom. The molecule has 0 radical (unpaired) electrons. The fraction of sp³-hybridized carbons (Fsp3) is 0.250. The number of hydrogen-bond acceptors (Lipinski definition) is 5. The zero-order valence-electron chi connectivity index (χ0n) is 7.47. The second-order valence-electron chi connectivity index (χ2n) is 3.19. The predicted octanol–water partition coefficient (Wildman–Crippen LogP) is 0.196. The maximum Gasteiger partial charge on any atom is 0.310 e. The van der Waals surface area contributed by atoms with Gasteiger partial charge in [0, 0.05) is 17.8 Å². The molecule has 0 bridgehead atoms. The number of hydrogen-bond donors (Lipinski definition) is 3.